The Kier molecular flexibility index (Phi) is 6.78. The highest BCUT2D eigenvalue weighted by atomic mass is 35.5. The van der Waals surface area contributed by atoms with E-state index in [9.17, 15) is 24.1 Å². The zero-order valence-electron chi connectivity index (χ0n) is 15.8. The summed E-state index contributed by atoms with van der Waals surface area (Å²) in [7, 11) is 0. The maximum absolute atomic E-state index is 13.2. The number of nitro benzene ring substituents is 1. The first kappa shape index (κ1) is 21.7. The van der Waals surface area contributed by atoms with Crippen LogP contribution >= 0.6 is 11.6 Å². The zero-order chi connectivity index (χ0) is 22.4. The van der Waals surface area contributed by atoms with Gasteiger partial charge in [0.05, 0.1) is 9.95 Å². The van der Waals surface area contributed by atoms with Crippen molar-refractivity contribution >= 4 is 40.5 Å². The average Bonchev–Trinajstić information content (AvgIpc) is 2.75. The molecule has 0 radical (unpaired) electrons. The number of carbonyl (C=O) groups excluding carboxylic acids is 2. The number of hydrogen-bond acceptors (Lipinski definition) is 5. The third-order valence-corrected chi connectivity index (χ3v) is 4.29. The van der Waals surface area contributed by atoms with Gasteiger partial charge in [0, 0.05) is 29.1 Å². The van der Waals surface area contributed by atoms with Gasteiger partial charge < -0.3 is 15.4 Å². The monoisotopic (exact) mass is 443 g/mol. The van der Waals surface area contributed by atoms with Crippen LogP contribution in [0.25, 0.3) is 0 Å². The number of benzene rings is 3. The van der Waals surface area contributed by atoms with Crippen molar-refractivity contribution < 1.29 is 23.6 Å². The molecule has 2 N–H and O–H groups in total. The molecule has 8 nitrogen and oxygen atoms in total. The molecule has 0 unspecified atom stereocenters. The number of amides is 2. The highest BCUT2D eigenvalue weighted by Gasteiger charge is 2.11. The Hall–Kier alpha value is -3.98. The van der Waals surface area contributed by atoms with E-state index in [0.29, 0.717) is 17.1 Å². The minimum atomic E-state index is -0.597. The smallest absolute Gasteiger partial charge is 0.269 e. The highest BCUT2D eigenvalue weighted by Crippen LogP contribution is 2.21. The molecule has 31 heavy (non-hydrogen) atoms. The van der Waals surface area contributed by atoms with Crippen LogP contribution in [0, 0.1) is 15.9 Å². The van der Waals surface area contributed by atoms with Crippen molar-refractivity contribution in [2.75, 3.05) is 17.2 Å². The normalized spacial score (nSPS) is 10.3. The molecule has 0 atom stereocenters. The summed E-state index contributed by atoms with van der Waals surface area (Å²) in [6.45, 7) is -0.331. The van der Waals surface area contributed by atoms with Gasteiger partial charge in [-0.1, -0.05) is 17.7 Å². The largest absolute Gasteiger partial charge is 0.484 e. The molecule has 0 aliphatic heterocycles. The van der Waals surface area contributed by atoms with E-state index in [4.69, 9.17) is 16.3 Å². The third kappa shape index (κ3) is 6.00. The van der Waals surface area contributed by atoms with Gasteiger partial charge in [0.2, 0.25) is 0 Å². The molecule has 0 saturated heterocycles. The lowest BCUT2D eigenvalue weighted by atomic mass is 10.2. The van der Waals surface area contributed by atoms with E-state index in [2.05, 4.69) is 10.6 Å². The van der Waals surface area contributed by atoms with Gasteiger partial charge in [-0.05, 0) is 48.5 Å². The van der Waals surface area contributed by atoms with Gasteiger partial charge in [-0.3, -0.25) is 19.7 Å². The molecule has 0 aliphatic carbocycles. The van der Waals surface area contributed by atoms with Gasteiger partial charge in [0.25, 0.3) is 17.5 Å². The van der Waals surface area contributed by atoms with Crippen molar-refractivity contribution in [3.8, 4) is 5.75 Å². The van der Waals surface area contributed by atoms with Crippen LogP contribution in [0.3, 0.4) is 0 Å². The SMILES string of the molecule is O=C(COc1ccc([N+](=O)[O-])cc1)Nc1cccc(C(=O)Nc2ccc(F)c(Cl)c2)c1. The molecule has 0 saturated carbocycles. The fourth-order valence-corrected chi connectivity index (χ4v) is 2.71. The topological polar surface area (TPSA) is 111 Å². The van der Waals surface area contributed by atoms with Crippen LogP contribution in [0.2, 0.25) is 5.02 Å². The molecule has 0 aromatic heterocycles. The number of anilines is 2. The number of nitro groups is 1. The molecule has 158 valence electrons. The van der Waals surface area contributed by atoms with Gasteiger partial charge in [-0.25, -0.2) is 4.39 Å². The van der Waals surface area contributed by atoms with E-state index in [1.165, 1.54) is 42.5 Å². The van der Waals surface area contributed by atoms with Gasteiger partial charge in [-0.2, -0.15) is 0 Å². The first-order valence-electron chi connectivity index (χ1n) is 8.85. The molecule has 3 aromatic carbocycles. The van der Waals surface area contributed by atoms with E-state index >= 15 is 0 Å². The van der Waals surface area contributed by atoms with Crippen LogP contribution in [-0.2, 0) is 4.79 Å². The standard InChI is InChI=1S/C21H15ClFN3O5/c22-18-11-15(4-9-19(18)23)25-21(28)13-2-1-3-14(10-13)24-20(27)12-31-17-7-5-16(6-8-17)26(29)30/h1-11H,12H2,(H,24,27)(H,25,28). The van der Waals surface area contributed by atoms with Crippen LogP contribution in [0.1, 0.15) is 10.4 Å². The minimum Gasteiger partial charge on any atom is -0.484 e. The Bertz CT molecular complexity index is 1140. The van der Waals surface area contributed by atoms with E-state index in [1.54, 1.807) is 18.2 Å². The van der Waals surface area contributed by atoms with Crippen molar-refractivity contribution in [2.45, 2.75) is 0 Å². The summed E-state index contributed by atoms with van der Waals surface area (Å²) in [5, 5.41) is 15.7. The lowest BCUT2D eigenvalue weighted by Crippen LogP contribution is -2.20. The summed E-state index contributed by atoms with van der Waals surface area (Å²) in [5.41, 5.74) is 0.855. The Morgan fingerprint density at radius 2 is 1.71 bits per heavy atom. The molecule has 3 rings (SSSR count). The number of nitrogens with zero attached hydrogens (tertiary/aromatic N) is 1. The summed E-state index contributed by atoms with van der Waals surface area (Å²) >= 11 is 5.71. The molecule has 0 fully saturated rings. The predicted octanol–water partition coefficient (Wildman–Crippen LogP) is 4.66. The van der Waals surface area contributed by atoms with Crippen LogP contribution < -0.4 is 15.4 Å². The molecule has 0 aliphatic rings. The van der Waals surface area contributed by atoms with Gasteiger partial charge >= 0.3 is 0 Å². The van der Waals surface area contributed by atoms with E-state index in [0.717, 1.165) is 6.07 Å². The number of rotatable bonds is 7. The quantitative estimate of drug-likeness (QED) is 0.407. The Balaban J connectivity index is 1.57. The number of hydrogen-bond donors (Lipinski definition) is 2. The second-order valence-electron chi connectivity index (χ2n) is 6.25. The van der Waals surface area contributed by atoms with E-state index in [-0.39, 0.29) is 22.9 Å². The number of nitrogens with one attached hydrogen (secondary N) is 2. The van der Waals surface area contributed by atoms with Crippen LogP contribution in [0.4, 0.5) is 21.5 Å². The molecular weight excluding hydrogens is 429 g/mol. The number of halogens is 2. The maximum atomic E-state index is 13.2. The second kappa shape index (κ2) is 9.68. The molecule has 2 amide bonds. The number of carbonyl (C=O) groups is 2. The van der Waals surface area contributed by atoms with Gasteiger partial charge in [0.1, 0.15) is 11.6 Å². The average molecular weight is 444 g/mol. The summed E-state index contributed by atoms with van der Waals surface area (Å²) in [5.74, 6) is -1.26. The first-order valence-corrected chi connectivity index (χ1v) is 9.23. The van der Waals surface area contributed by atoms with E-state index < -0.39 is 22.6 Å². The predicted molar refractivity (Wildman–Crippen MR) is 113 cm³/mol. The maximum Gasteiger partial charge on any atom is 0.269 e. The van der Waals surface area contributed by atoms with Crippen LogP contribution in [0.15, 0.2) is 66.7 Å². The molecule has 3 aromatic rings. The second-order valence-corrected chi connectivity index (χ2v) is 6.66. The Labute approximate surface area is 180 Å². The molecule has 0 spiro atoms. The number of ether oxygens (including phenoxy) is 1. The molecule has 10 heteroatoms. The number of non-ortho nitro benzene ring substituents is 1. The summed E-state index contributed by atoms with van der Waals surface area (Å²) in [6.07, 6.45) is 0. The van der Waals surface area contributed by atoms with Crippen molar-refractivity contribution in [2.24, 2.45) is 0 Å². The summed E-state index contributed by atoms with van der Waals surface area (Å²) in [6, 6.07) is 15.3. The zero-order valence-corrected chi connectivity index (χ0v) is 16.6. The van der Waals surface area contributed by atoms with Gasteiger partial charge in [0.15, 0.2) is 6.61 Å². The molecular formula is C21H15ClFN3O5. The summed E-state index contributed by atoms with van der Waals surface area (Å²) < 4.78 is 18.5. The first-order chi connectivity index (χ1) is 14.8. The fraction of sp³-hybridized carbons (Fsp3) is 0.0476. The summed E-state index contributed by atoms with van der Waals surface area (Å²) in [4.78, 5) is 34.6. The van der Waals surface area contributed by atoms with Crippen molar-refractivity contribution in [1.82, 2.24) is 0 Å². The van der Waals surface area contributed by atoms with E-state index in [1.807, 2.05) is 0 Å². The minimum absolute atomic E-state index is 0.0881. The lowest BCUT2D eigenvalue weighted by Gasteiger charge is -2.10. The van der Waals surface area contributed by atoms with Crippen LogP contribution in [-0.4, -0.2) is 23.3 Å². The molecule has 0 heterocycles. The van der Waals surface area contributed by atoms with Gasteiger partial charge in [-0.15, -0.1) is 0 Å². The fourth-order valence-electron chi connectivity index (χ4n) is 2.53. The Morgan fingerprint density at radius 3 is 2.39 bits per heavy atom. The van der Waals surface area contributed by atoms with Crippen molar-refractivity contribution in [3.05, 3.63) is 93.2 Å². The highest BCUT2D eigenvalue weighted by molar-refractivity contribution is 6.31. The Morgan fingerprint density at radius 1 is 1.00 bits per heavy atom. The lowest BCUT2D eigenvalue weighted by molar-refractivity contribution is -0.384. The van der Waals surface area contributed by atoms with Crippen molar-refractivity contribution in [3.63, 3.8) is 0 Å². The third-order valence-electron chi connectivity index (χ3n) is 4.00. The van der Waals surface area contributed by atoms with Crippen molar-refractivity contribution in [1.29, 1.82) is 0 Å². The molecule has 0 bridgehead atoms. The van der Waals surface area contributed by atoms with Crippen LogP contribution in [0.5, 0.6) is 5.75 Å².